The summed E-state index contributed by atoms with van der Waals surface area (Å²) in [6.45, 7) is 1.76. The zero-order valence-corrected chi connectivity index (χ0v) is 10.1. The van der Waals surface area contributed by atoms with Gasteiger partial charge in [0.25, 0.3) is 12.7 Å². The van der Waals surface area contributed by atoms with E-state index in [1.165, 1.54) is 12.5 Å². The molecular formula is C9H7BrF2O2S. The lowest BCUT2D eigenvalue weighted by Gasteiger charge is -2.08. The number of halogens is 3. The third-order valence-corrected chi connectivity index (χ3v) is 4.61. The SMILES string of the molecule is Cc1c(C2OC=CO2)sc(C(F)F)c1Br. The van der Waals surface area contributed by atoms with Crippen LogP contribution in [0.2, 0.25) is 0 Å². The van der Waals surface area contributed by atoms with Crippen molar-refractivity contribution in [1.29, 1.82) is 0 Å². The van der Waals surface area contributed by atoms with Gasteiger partial charge in [-0.15, -0.1) is 11.3 Å². The maximum atomic E-state index is 12.6. The Morgan fingerprint density at radius 1 is 1.40 bits per heavy atom. The second-order valence-electron chi connectivity index (χ2n) is 2.95. The lowest BCUT2D eigenvalue weighted by atomic mass is 10.2. The molecule has 0 fully saturated rings. The van der Waals surface area contributed by atoms with E-state index < -0.39 is 12.7 Å². The zero-order chi connectivity index (χ0) is 11.0. The molecule has 1 aromatic heterocycles. The Labute approximate surface area is 97.6 Å². The fourth-order valence-corrected chi connectivity index (χ4v) is 3.05. The Morgan fingerprint density at radius 2 is 2.00 bits per heavy atom. The van der Waals surface area contributed by atoms with Gasteiger partial charge in [0.2, 0.25) is 0 Å². The monoisotopic (exact) mass is 296 g/mol. The van der Waals surface area contributed by atoms with E-state index in [2.05, 4.69) is 15.9 Å². The van der Waals surface area contributed by atoms with Crippen LogP contribution >= 0.6 is 27.3 Å². The normalized spacial score (nSPS) is 15.8. The maximum absolute atomic E-state index is 12.6. The smallest absolute Gasteiger partial charge is 0.275 e. The number of hydrogen-bond donors (Lipinski definition) is 0. The van der Waals surface area contributed by atoms with Gasteiger partial charge in [-0.25, -0.2) is 8.78 Å². The molecule has 82 valence electrons. The van der Waals surface area contributed by atoms with E-state index in [4.69, 9.17) is 9.47 Å². The van der Waals surface area contributed by atoms with Crippen LogP contribution in [0.4, 0.5) is 8.78 Å². The van der Waals surface area contributed by atoms with E-state index in [9.17, 15) is 8.78 Å². The molecule has 0 bridgehead atoms. The molecule has 0 saturated heterocycles. The summed E-state index contributed by atoms with van der Waals surface area (Å²) in [5.41, 5.74) is 0.740. The van der Waals surface area contributed by atoms with Crippen LogP contribution in [0.15, 0.2) is 17.0 Å². The molecule has 1 aromatic rings. The quantitative estimate of drug-likeness (QED) is 0.811. The van der Waals surface area contributed by atoms with Crippen molar-refractivity contribution in [2.24, 2.45) is 0 Å². The Hall–Kier alpha value is -0.620. The predicted molar refractivity (Wildman–Crippen MR) is 55.8 cm³/mol. The van der Waals surface area contributed by atoms with Crippen LogP contribution in [-0.4, -0.2) is 0 Å². The van der Waals surface area contributed by atoms with Gasteiger partial charge in [0, 0.05) is 4.47 Å². The van der Waals surface area contributed by atoms with E-state index in [-0.39, 0.29) is 4.88 Å². The van der Waals surface area contributed by atoms with E-state index in [0.717, 1.165) is 16.9 Å². The van der Waals surface area contributed by atoms with Crippen LogP contribution < -0.4 is 0 Å². The second-order valence-corrected chi connectivity index (χ2v) is 4.82. The van der Waals surface area contributed by atoms with Crippen molar-refractivity contribution in [3.05, 3.63) is 32.3 Å². The third kappa shape index (κ3) is 1.88. The Kier molecular flexibility index (Phi) is 2.97. The molecule has 2 heterocycles. The first-order valence-corrected chi connectivity index (χ1v) is 5.75. The highest BCUT2D eigenvalue weighted by molar-refractivity contribution is 9.10. The van der Waals surface area contributed by atoms with Crippen molar-refractivity contribution in [1.82, 2.24) is 0 Å². The van der Waals surface area contributed by atoms with Crippen molar-refractivity contribution in [3.63, 3.8) is 0 Å². The maximum Gasteiger partial charge on any atom is 0.275 e. The molecule has 0 saturated carbocycles. The molecule has 0 amide bonds. The minimum atomic E-state index is -2.48. The van der Waals surface area contributed by atoms with Crippen LogP contribution in [0.25, 0.3) is 0 Å². The largest absolute Gasteiger partial charge is 0.454 e. The molecular weight excluding hydrogens is 290 g/mol. The molecule has 2 nitrogen and oxygen atoms in total. The van der Waals surface area contributed by atoms with E-state index in [0.29, 0.717) is 9.35 Å². The standard InChI is InChI=1S/C9H7BrF2O2S/c1-4-5(10)7(8(11)12)15-6(4)9-13-2-3-14-9/h2-3,8-9H,1H3. The van der Waals surface area contributed by atoms with Crippen molar-refractivity contribution in [2.75, 3.05) is 0 Å². The molecule has 0 atom stereocenters. The van der Waals surface area contributed by atoms with Gasteiger partial charge in [0.15, 0.2) is 0 Å². The highest BCUT2D eigenvalue weighted by Gasteiger charge is 2.27. The van der Waals surface area contributed by atoms with E-state index >= 15 is 0 Å². The first-order chi connectivity index (χ1) is 7.11. The van der Waals surface area contributed by atoms with E-state index in [1.807, 2.05) is 0 Å². The summed E-state index contributed by atoms with van der Waals surface area (Å²) < 4.78 is 35.8. The average molecular weight is 297 g/mol. The molecule has 6 heteroatoms. The van der Waals surface area contributed by atoms with Gasteiger partial charge in [-0.3, -0.25) is 0 Å². The van der Waals surface area contributed by atoms with Gasteiger partial charge < -0.3 is 9.47 Å². The van der Waals surface area contributed by atoms with Gasteiger partial charge in [0.1, 0.15) is 12.5 Å². The molecule has 0 radical (unpaired) electrons. The summed E-state index contributed by atoms with van der Waals surface area (Å²) >= 11 is 4.15. The predicted octanol–water partition coefficient (Wildman–Crippen LogP) is 4.27. The molecule has 1 aliphatic heterocycles. The van der Waals surface area contributed by atoms with Crippen molar-refractivity contribution >= 4 is 27.3 Å². The minimum absolute atomic E-state index is 0.0154. The average Bonchev–Trinajstić information content (AvgIpc) is 2.77. The molecule has 0 N–H and O–H groups in total. The van der Waals surface area contributed by atoms with Crippen LogP contribution in [0, 0.1) is 6.92 Å². The molecule has 0 unspecified atom stereocenters. The fourth-order valence-electron chi connectivity index (χ4n) is 1.26. The van der Waals surface area contributed by atoms with Gasteiger partial charge in [-0.1, -0.05) is 0 Å². The summed E-state index contributed by atoms with van der Waals surface area (Å²) in [5, 5.41) is 0. The van der Waals surface area contributed by atoms with Gasteiger partial charge in [-0.2, -0.15) is 0 Å². The molecule has 0 spiro atoms. The Balaban J connectivity index is 2.36. The molecule has 15 heavy (non-hydrogen) atoms. The second kappa shape index (κ2) is 4.09. The van der Waals surface area contributed by atoms with E-state index in [1.54, 1.807) is 6.92 Å². The highest BCUT2D eigenvalue weighted by Crippen LogP contribution is 2.43. The summed E-state index contributed by atoms with van der Waals surface area (Å²) in [5.74, 6) is 0. The summed E-state index contributed by atoms with van der Waals surface area (Å²) in [6.07, 6.45) is -0.260. The van der Waals surface area contributed by atoms with Crippen LogP contribution in [0.1, 0.15) is 28.0 Å². The first kappa shape index (κ1) is 10.9. The highest BCUT2D eigenvalue weighted by atomic mass is 79.9. The molecule has 2 rings (SSSR count). The number of alkyl halides is 2. The van der Waals surface area contributed by atoms with Gasteiger partial charge >= 0.3 is 0 Å². The van der Waals surface area contributed by atoms with Crippen LogP contribution in [0.5, 0.6) is 0 Å². The van der Waals surface area contributed by atoms with Gasteiger partial charge in [0.05, 0.1) is 9.75 Å². The number of thiophene rings is 1. The zero-order valence-electron chi connectivity index (χ0n) is 7.67. The van der Waals surface area contributed by atoms with Crippen molar-refractivity contribution < 1.29 is 18.3 Å². The summed E-state index contributed by atoms with van der Waals surface area (Å²) in [4.78, 5) is 0.684. The van der Waals surface area contributed by atoms with Gasteiger partial charge in [-0.05, 0) is 28.4 Å². The molecule has 0 aromatic carbocycles. The topological polar surface area (TPSA) is 18.5 Å². The Morgan fingerprint density at radius 3 is 2.47 bits per heavy atom. The minimum Gasteiger partial charge on any atom is -0.454 e. The van der Waals surface area contributed by atoms with Crippen molar-refractivity contribution in [3.8, 4) is 0 Å². The first-order valence-electron chi connectivity index (χ1n) is 4.14. The fraction of sp³-hybridized carbons (Fsp3) is 0.333. The lowest BCUT2D eigenvalue weighted by Crippen LogP contribution is -1.96. The number of ether oxygens (including phenoxy) is 2. The van der Waals surface area contributed by atoms with Crippen LogP contribution in [-0.2, 0) is 9.47 Å². The summed E-state index contributed by atoms with van der Waals surface area (Å²) in [7, 11) is 0. The summed E-state index contributed by atoms with van der Waals surface area (Å²) in [6, 6.07) is 0. The van der Waals surface area contributed by atoms with Crippen molar-refractivity contribution in [2.45, 2.75) is 19.6 Å². The van der Waals surface area contributed by atoms with Crippen LogP contribution in [0.3, 0.4) is 0 Å². The Bertz CT molecular complexity index is 395. The number of hydrogen-bond acceptors (Lipinski definition) is 3. The number of rotatable bonds is 2. The molecule has 1 aliphatic rings. The molecule has 0 aliphatic carbocycles. The third-order valence-electron chi connectivity index (χ3n) is 2.01. The lowest BCUT2D eigenvalue weighted by molar-refractivity contribution is -0.0221.